The van der Waals surface area contributed by atoms with Crippen LogP contribution in [-0.4, -0.2) is 36.9 Å². The maximum Gasteiger partial charge on any atom is 0.303 e. The van der Waals surface area contributed by atoms with Crippen molar-refractivity contribution < 1.29 is 23.8 Å². The molecule has 0 saturated carbocycles. The van der Waals surface area contributed by atoms with Gasteiger partial charge in [-0.2, -0.15) is 0 Å². The normalized spacial score (nSPS) is 28.6. The van der Waals surface area contributed by atoms with Crippen LogP contribution in [-0.2, 0) is 23.8 Å². The van der Waals surface area contributed by atoms with E-state index in [4.69, 9.17) is 14.2 Å². The predicted octanol–water partition coefficient (Wildman–Crippen LogP) is 0.825. The molecular weight excluding hydrogens is 212 g/mol. The SMILES string of the molecule is CC(=O)OCC1OC(C)C=CC1OC(C)=O. The summed E-state index contributed by atoms with van der Waals surface area (Å²) in [4.78, 5) is 21.6. The van der Waals surface area contributed by atoms with Gasteiger partial charge in [-0.1, -0.05) is 6.08 Å². The van der Waals surface area contributed by atoms with Crippen LogP contribution in [0.2, 0.25) is 0 Å². The minimum Gasteiger partial charge on any atom is -0.463 e. The van der Waals surface area contributed by atoms with Gasteiger partial charge in [0, 0.05) is 13.8 Å². The van der Waals surface area contributed by atoms with Crippen LogP contribution in [0.15, 0.2) is 12.2 Å². The molecule has 0 aromatic heterocycles. The number of rotatable bonds is 3. The fourth-order valence-corrected chi connectivity index (χ4v) is 1.43. The van der Waals surface area contributed by atoms with Gasteiger partial charge in [0.05, 0.1) is 6.10 Å². The Morgan fingerprint density at radius 1 is 1.25 bits per heavy atom. The highest BCUT2D eigenvalue weighted by Crippen LogP contribution is 2.16. The molecule has 0 aromatic carbocycles. The standard InChI is InChI=1S/C11H16O5/c1-7-4-5-10(16-9(3)13)11(15-7)6-14-8(2)12/h4-5,7,10-11H,6H2,1-3H3. The second-order valence-corrected chi connectivity index (χ2v) is 3.64. The first-order valence-corrected chi connectivity index (χ1v) is 5.13. The van der Waals surface area contributed by atoms with Gasteiger partial charge in [-0.25, -0.2) is 0 Å². The minimum atomic E-state index is -0.493. The van der Waals surface area contributed by atoms with Crippen LogP contribution in [0.4, 0.5) is 0 Å². The van der Waals surface area contributed by atoms with E-state index in [0.717, 1.165) is 0 Å². The lowest BCUT2D eigenvalue weighted by Gasteiger charge is -2.29. The maximum atomic E-state index is 10.9. The summed E-state index contributed by atoms with van der Waals surface area (Å²) in [5, 5.41) is 0. The largest absolute Gasteiger partial charge is 0.463 e. The lowest BCUT2D eigenvalue weighted by molar-refractivity contribution is -0.162. The van der Waals surface area contributed by atoms with Crippen LogP contribution < -0.4 is 0 Å². The van der Waals surface area contributed by atoms with E-state index in [0.29, 0.717) is 0 Å². The smallest absolute Gasteiger partial charge is 0.303 e. The van der Waals surface area contributed by atoms with Crippen LogP contribution >= 0.6 is 0 Å². The van der Waals surface area contributed by atoms with Gasteiger partial charge in [-0.15, -0.1) is 0 Å². The Hall–Kier alpha value is -1.36. The summed E-state index contributed by atoms with van der Waals surface area (Å²) in [6.45, 7) is 4.60. The molecule has 0 radical (unpaired) electrons. The van der Waals surface area contributed by atoms with Crippen molar-refractivity contribution >= 4 is 11.9 Å². The van der Waals surface area contributed by atoms with Crippen LogP contribution in [0, 0.1) is 0 Å². The Bertz CT molecular complexity index is 297. The molecule has 90 valence electrons. The molecule has 0 bridgehead atoms. The molecule has 3 atom stereocenters. The van der Waals surface area contributed by atoms with Crippen molar-refractivity contribution in [2.24, 2.45) is 0 Å². The lowest BCUT2D eigenvalue weighted by atomic mass is 10.1. The number of esters is 2. The Morgan fingerprint density at radius 3 is 2.50 bits per heavy atom. The predicted molar refractivity (Wildman–Crippen MR) is 55.7 cm³/mol. The van der Waals surface area contributed by atoms with Gasteiger partial charge in [-0.3, -0.25) is 9.59 Å². The Morgan fingerprint density at radius 2 is 1.94 bits per heavy atom. The molecule has 0 N–H and O–H groups in total. The Kier molecular flexibility index (Phi) is 4.49. The van der Waals surface area contributed by atoms with Crippen LogP contribution in [0.25, 0.3) is 0 Å². The molecule has 0 amide bonds. The monoisotopic (exact) mass is 228 g/mol. The van der Waals surface area contributed by atoms with Crippen molar-refractivity contribution in [3.05, 3.63) is 12.2 Å². The van der Waals surface area contributed by atoms with Crippen molar-refractivity contribution in [1.29, 1.82) is 0 Å². The molecule has 16 heavy (non-hydrogen) atoms. The molecule has 5 heteroatoms. The molecule has 1 rings (SSSR count). The van der Waals surface area contributed by atoms with E-state index in [1.54, 1.807) is 12.2 Å². The summed E-state index contributed by atoms with van der Waals surface area (Å²) in [5.74, 6) is -0.770. The maximum absolute atomic E-state index is 10.9. The lowest BCUT2D eigenvalue weighted by Crippen LogP contribution is -2.40. The van der Waals surface area contributed by atoms with Crippen molar-refractivity contribution in [3.63, 3.8) is 0 Å². The first kappa shape index (κ1) is 12.7. The number of carbonyl (C=O) groups excluding carboxylic acids is 2. The van der Waals surface area contributed by atoms with Gasteiger partial charge >= 0.3 is 11.9 Å². The summed E-state index contributed by atoms with van der Waals surface area (Å²) in [7, 11) is 0. The molecule has 5 nitrogen and oxygen atoms in total. The first-order chi connectivity index (χ1) is 7.49. The third kappa shape index (κ3) is 4.02. The highest BCUT2D eigenvalue weighted by atomic mass is 16.6. The van der Waals surface area contributed by atoms with E-state index >= 15 is 0 Å². The van der Waals surface area contributed by atoms with E-state index in [1.165, 1.54) is 13.8 Å². The highest BCUT2D eigenvalue weighted by Gasteiger charge is 2.28. The summed E-state index contributed by atoms with van der Waals surface area (Å²) >= 11 is 0. The molecule has 0 aromatic rings. The second kappa shape index (κ2) is 5.65. The fraction of sp³-hybridized carbons (Fsp3) is 0.636. The molecule has 0 aliphatic carbocycles. The minimum absolute atomic E-state index is 0.0765. The zero-order chi connectivity index (χ0) is 12.1. The van der Waals surface area contributed by atoms with E-state index in [-0.39, 0.29) is 24.6 Å². The van der Waals surface area contributed by atoms with Gasteiger partial charge in [0.1, 0.15) is 18.8 Å². The molecule has 3 unspecified atom stereocenters. The number of ether oxygens (including phenoxy) is 3. The zero-order valence-electron chi connectivity index (χ0n) is 9.64. The first-order valence-electron chi connectivity index (χ1n) is 5.13. The van der Waals surface area contributed by atoms with Gasteiger partial charge in [0.2, 0.25) is 0 Å². The van der Waals surface area contributed by atoms with Crippen molar-refractivity contribution in [3.8, 4) is 0 Å². The molecule has 1 heterocycles. The van der Waals surface area contributed by atoms with Gasteiger partial charge in [0.15, 0.2) is 0 Å². The van der Waals surface area contributed by atoms with Gasteiger partial charge in [0.25, 0.3) is 0 Å². The number of hydrogen-bond donors (Lipinski definition) is 0. The van der Waals surface area contributed by atoms with E-state index in [1.807, 2.05) is 6.92 Å². The summed E-state index contributed by atoms with van der Waals surface area (Å²) < 4.78 is 15.4. The summed E-state index contributed by atoms with van der Waals surface area (Å²) in [6, 6.07) is 0. The fourth-order valence-electron chi connectivity index (χ4n) is 1.43. The Labute approximate surface area is 94.4 Å². The van der Waals surface area contributed by atoms with Crippen LogP contribution in [0.1, 0.15) is 20.8 Å². The number of carbonyl (C=O) groups is 2. The molecule has 1 aliphatic heterocycles. The third-order valence-electron chi connectivity index (χ3n) is 2.08. The van der Waals surface area contributed by atoms with E-state index in [9.17, 15) is 9.59 Å². The van der Waals surface area contributed by atoms with Crippen molar-refractivity contribution in [2.45, 2.75) is 39.1 Å². The molecule has 1 aliphatic rings. The van der Waals surface area contributed by atoms with Crippen molar-refractivity contribution in [1.82, 2.24) is 0 Å². The quantitative estimate of drug-likeness (QED) is 0.528. The summed E-state index contributed by atoms with van der Waals surface area (Å²) in [6.07, 6.45) is 2.55. The summed E-state index contributed by atoms with van der Waals surface area (Å²) in [5.41, 5.74) is 0. The van der Waals surface area contributed by atoms with Gasteiger partial charge < -0.3 is 14.2 Å². The van der Waals surface area contributed by atoms with Crippen molar-refractivity contribution in [2.75, 3.05) is 6.61 Å². The molecule has 0 spiro atoms. The van der Waals surface area contributed by atoms with E-state index < -0.39 is 12.2 Å². The Balaban J connectivity index is 2.58. The molecule has 0 fully saturated rings. The number of hydrogen-bond acceptors (Lipinski definition) is 5. The average Bonchev–Trinajstić information content (AvgIpc) is 2.17. The highest BCUT2D eigenvalue weighted by molar-refractivity contribution is 5.66. The topological polar surface area (TPSA) is 61.8 Å². The molecular formula is C11H16O5. The average molecular weight is 228 g/mol. The van der Waals surface area contributed by atoms with E-state index in [2.05, 4.69) is 0 Å². The second-order valence-electron chi connectivity index (χ2n) is 3.64. The zero-order valence-corrected chi connectivity index (χ0v) is 9.64. The van der Waals surface area contributed by atoms with Gasteiger partial charge in [-0.05, 0) is 13.0 Å². The van der Waals surface area contributed by atoms with Crippen LogP contribution in [0.5, 0.6) is 0 Å². The molecule has 0 saturated heterocycles. The third-order valence-corrected chi connectivity index (χ3v) is 2.08. The van der Waals surface area contributed by atoms with Crippen LogP contribution in [0.3, 0.4) is 0 Å².